The molecular formula is C9H9Cl2NO. The molecule has 0 aliphatic heterocycles. The molecule has 0 aromatic heterocycles. The minimum absolute atomic E-state index is 0.0809. The third-order valence-electron chi connectivity index (χ3n) is 1.97. The quantitative estimate of drug-likeness (QED) is 0.827. The highest BCUT2D eigenvalue weighted by Gasteiger charge is 2.36. The lowest BCUT2D eigenvalue weighted by molar-refractivity contribution is 0.297. The average molecular weight is 218 g/mol. The number of hydrogen-bond donors (Lipinski definition) is 1. The summed E-state index contributed by atoms with van der Waals surface area (Å²) < 4.78 is 5.51. The Morgan fingerprint density at radius 1 is 1.31 bits per heavy atom. The zero-order chi connectivity index (χ0) is 9.42. The first-order chi connectivity index (χ1) is 6.18. The van der Waals surface area contributed by atoms with Crippen molar-refractivity contribution >= 4 is 23.2 Å². The fourth-order valence-corrected chi connectivity index (χ4v) is 1.56. The van der Waals surface area contributed by atoms with Crippen molar-refractivity contribution in [3.63, 3.8) is 0 Å². The second-order valence-electron chi connectivity index (χ2n) is 3.11. The Bertz CT molecular complexity index is 309. The van der Waals surface area contributed by atoms with Gasteiger partial charge in [0.15, 0.2) is 5.75 Å². The summed E-state index contributed by atoms with van der Waals surface area (Å²) in [6.45, 7) is 0. The topological polar surface area (TPSA) is 35.2 Å². The van der Waals surface area contributed by atoms with Crippen molar-refractivity contribution in [2.45, 2.75) is 18.6 Å². The number of benzene rings is 1. The Hall–Kier alpha value is -0.440. The summed E-state index contributed by atoms with van der Waals surface area (Å²) in [7, 11) is 0. The lowest BCUT2D eigenvalue weighted by Crippen LogP contribution is -2.11. The van der Waals surface area contributed by atoms with Gasteiger partial charge in [0.1, 0.15) is 6.10 Å². The summed E-state index contributed by atoms with van der Waals surface area (Å²) >= 11 is 11.8. The van der Waals surface area contributed by atoms with Gasteiger partial charge >= 0.3 is 0 Å². The van der Waals surface area contributed by atoms with E-state index in [0.717, 1.165) is 6.42 Å². The molecule has 70 valence electrons. The molecule has 1 aromatic rings. The normalized spacial score (nSPS) is 25.8. The van der Waals surface area contributed by atoms with Gasteiger partial charge in [-0.3, -0.25) is 0 Å². The maximum atomic E-state index is 5.90. The monoisotopic (exact) mass is 217 g/mol. The largest absolute Gasteiger partial charge is 0.486 e. The Morgan fingerprint density at radius 3 is 2.31 bits per heavy atom. The molecule has 2 atom stereocenters. The van der Waals surface area contributed by atoms with Gasteiger partial charge in [0, 0.05) is 12.5 Å². The van der Waals surface area contributed by atoms with Crippen molar-refractivity contribution in [2.75, 3.05) is 0 Å². The summed E-state index contributed by atoms with van der Waals surface area (Å²) in [4.78, 5) is 0. The molecule has 2 unspecified atom stereocenters. The van der Waals surface area contributed by atoms with E-state index in [0.29, 0.717) is 15.8 Å². The molecular weight excluding hydrogens is 209 g/mol. The molecule has 2 rings (SSSR count). The third-order valence-corrected chi connectivity index (χ3v) is 2.56. The van der Waals surface area contributed by atoms with E-state index in [-0.39, 0.29) is 12.1 Å². The summed E-state index contributed by atoms with van der Waals surface area (Å²) in [5, 5.41) is 1.07. The second kappa shape index (κ2) is 3.37. The van der Waals surface area contributed by atoms with Crippen LogP contribution in [0.3, 0.4) is 0 Å². The zero-order valence-electron chi connectivity index (χ0n) is 6.84. The predicted molar refractivity (Wildman–Crippen MR) is 53.5 cm³/mol. The fraction of sp³-hybridized carbons (Fsp3) is 0.333. The van der Waals surface area contributed by atoms with Crippen molar-refractivity contribution in [1.82, 2.24) is 0 Å². The van der Waals surface area contributed by atoms with E-state index in [9.17, 15) is 0 Å². The lowest BCUT2D eigenvalue weighted by atomic mass is 10.3. The highest BCUT2D eigenvalue weighted by molar-refractivity contribution is 6.37. The van der Waals surface area contributed by atoms with Crippen LogP contribution in [0.25, 0.3) is 0 Å². The number of para-hydroxylation sites is 1. The molecule has 0 bridgehead atoms. The number of nitrogens with two attached hydrogens (primary N) is 1. The smallest absolute Gasteiger partial charge is 0.156 e. The molecule has 1 aliphatic rings. The maximum absolute atomic E-state index is 5.90. The van der Waals surface area contributed by atoms with Crippen LogP contribution < -0.4 is 10.5 Å². The van der Waals surface area contributed by atoms with E-state index in [1.807, 2.05) is 0 Å². The van der Waals surface area contributed by atoms with Crippen LogP contribution in [0.5, 0.6) is 5.75 Å². The SMILES string of the molecule is NC1CC1Oc1c(Cl)cccc1Cl. The minimum Gasteiger partial charge on any atom is -0.486 e. The lowest BCUT2D eigenvalue weighted by Gasteiger charge is -2.08. The Balaban J connectivity index is 2.18. The number of hydrogen-bond acceptors (Lipinski definition) is 2. The van der Waals surface area contributed by atoms with E-state index in [1.54, 1.807) is 18.2 Å². The van der Waals surface area contributed by atoms with Gasteiger partial charge in [0.2, 0.25) is 0 Å². The summed E-state index contributed by atoms with van der Waals surface area (Å²) in [5.74, 6) is 0.545. The molecule has 1 fully saturated rings. The number of ether oxygens (including phenoxy) is 1. The molecule has 4 heteroatoms. The van der Waals surface area contributed by atoms with Gasteiger partial charge in [0.05, 0.1) is 10.0 Å². The van der Waals surface area contributed by atoms with Gasteiger partial charge in [-0.25, -0.2) is 0 Å². The molecule has 0 heterocycles. The molecule has 0 spiro atoms. The van der Waals surface area contributed by atoms with E-state index in [2.05, 4.69) is 0 Å². The maximum Gasteiger partial charge on any atom is 0.156 e. The molecule has 2 N–H and O–H groups in total. The van der Waals surface area contributed by atoms with Crippen LogP contribution in [0.2, 0.25) is 10.0 Å². The first-order valence-corrected chi connectivity index (χ1v) is 4.80. The van der Waals surface area contributed by atoms with E-state index >= 15 is 0 Å². The third kappa shape index (κ3) is 1.90. The van der Waals surface area contributed by atoms with Crippen LogP contribution >= 0.6 is 23.2 Å². The van der Waals surface area contributed by atoms with Crippen LogP contribution in [0.1, 0.15) is 6.42 Å². The van der Waals surface area contributed by atoms with Gasteiger partial charge in [-0.15, -0.1) is 0 Å². The standard InChI is InChI=1S/C9H9Cl2NO/c10-5-2-1-3-6(11)9(5)13-8-4-7(8)12/h1-3,7-8H,4,12H2. The molecule has 0 saturated heterocycles. The summed E-state index contributed by atoms with van der Waals surface area (Å²) in [6, 6.07) is 5.41. The van der Waals surface area contributed by atoms with Gasteiger partial charge in [-0.05, 0) is 12.1 Å². The van der Waals surface area contributed by atoms with Gasteiger partial charge < -0.3 is 10.5 Å². The molecule has 2 nitrogen and oxygen atoms in total. The Kier molecular flexibility index (Phi) is 2.37. The molecule has 0 amide bonds. The van der Waals surface area contributed by atoms with Crippen molar-refractivity contribution in [3.8, 4) is 5.75 Å². The Labute approximate surface area is 86.6 Å². The first-order valence-electron chi connectivity index (χ1n) is 4.04. The highest BCUT2D eigenvalue weighted by atomic mass is 35.5. The average Bonchev–Trinajstić information content (AvgIpc) is 2.75. The van der Waals surface area contributed by atoms with Crippen LogP contribution in [0.15, 0.2) is 18.2 Å². The van der Waals surface area contributed by atoms with Gasteiger partial charge in [-0.1, -0.05) is 29.3 Å². The van der Waals surface area contributed by atoms with Gasteiger partial charge in [0.25, 0.3) is 0 Å². The molecule has 1 saturated carbocycles. The fourth-order valence-electron chi connectivity index (χ4n) is 1.07. The molecule has 1 aliphatic carbocycles. The van der Waals surface area contributed by atoms with E-state index in [1.165, 1.54) is 0 Å². The first kappa shape index (κ1) is 9.13. The summed E-state index contributed by atoms with van der Waals surface area (Å²) in [5.41, 5.74) is 5.60. The van der Waals surface area contributed by atoms with Crippen molar-refractivity contribution in [1.29, 1.82) is 0 Å². The van der Waals surface area contributed by atoms with Crippen LogP contribution in [0.4, 0.5) is 0 Å². The van der Waals surface area contributed by atoms with Crippen LogP contribution in [-0.4, -0.2) is 12.1 Å². The second-order valence-corrected chi connectivity index (χ2v) is 3.92. The van der Waals surface area contributed by atoms with Crippen molar-refractivity contribution < 1.29 is 4.74 Å². The predicted octanol–water partition coefficient (Wildman–Crippen LogP) is 2.47. The zero-order valence-corrected chi connectivity index (χ0v) is 8.35. The molecule has 1 aromatic carbocycles. The highest BCUT2D eigenvalue weighted by Crippen LogP contribution is 2.36. The number of rotatable bonds is 2. The van der Waals surface area contributed by atoms with Crippen molar-refractivity contribution in [3.05, 3.63) is 28.2 Å². The van der Waals surface area contributed by atoms with Crippen molar-refractivity contribution in [2.24, 2.45) is 5.73 Å². The van der Waals surface area contributed by atoms with E-state index < -0.39 is 0 Å². The Morgan fingerprint density at radius 2 is 1.85 bits per heavy atom. The van der Waals surface area contributed by atoms with Crippen LogP contribution in [0, 0.1) is 0 Å². The van der Waals surface area contributed by atoms with Crippen LogP contribution in [-0.2, 0) is 0 Å². The van der Waals surface area contributed by atoms with E-state index in [4.69, 9.17) is 33.7 Å². The van der Waals surface area contributed by atoms with Gasteiger partial charge in [-0.2, -0.15) is 0 Å². The molecule has 13 heavy (non-hydrogen) atoms. The summed E-state index contributed by atoms with van der Waals surface area (Å²) in [6.07, 6.45) is 0.957. The molecule has 0 radical (unpaired) electrons. The minimum atomic E-state index is 0.0809. The number of halogens is 2.